The molecule has 2 bridgehead atoms. The highest BCUT2D eigenvalue weighted by atomic mass is 35.5. The molecule has 140 valence electrons. The summed E-state index contributed by atoms with van der Waals surface area (Å²) in [5, 5.41) is 2.89. The molecule has 1 saturated heterocycles. The molecular weight excluding hydrogens is 372 g/mol. The molecule has 0 aromatic heterocycles. The number of benzene rings is 1. The number of rotatable bonds is 5. The van der Waals surface area contributed by atoms with Crippen LogP contribution in [-0.2, 0) is 23.9 Å². The summed E-state index contributed by atoms with van der Waals surface area (Å²) in [7, 11) is 0. The lowest BCUT2D eigenvalue weighted by Gasteiger charge is -2.16. The fourth-order valence-electron chi connectivity index (χ4n) is 4.19. The van der Waals surface area contributed by atoms with Gasteiger partial charge in [-0.2, -0.15) is 0 Å². The molecule has 3 amide bonds. The van der Waals surface area contributed by atoms with Gasteiger partial charge < -0.3 is 10.1 Å². The van der Waals surface area contributed by atoms with Crippen LogP contribution in [0.1, 0.15) is 6.42 Å². The molecule has 1 N–H and O–H groups in total. The van der Waals surface area contributed by atoms with E-state index in [0.29, 0.717) is 10.7 Å². The number of fused-ring (bicyclic) bond motifs is 5. The Morgan fingerprint density at radius 3 is 2.37 bits per heavy atom. The van der Waals surface area contributed by atoms with Gasteiger partial charge in [0.05, 0.1) is 22.5 Å². The van der Waals surface area contributed by atoms with Gasteiger partial charge in [-0.15, -0.1) is 0 Å². The minimum absolute atomic E-state index is 0.0823. The Kier molecular flexibility index (Phi) is 4.47. The van der Waals surface area contributed by atoms with Crippen LogP contribution < -0.4 is 5.32 Å². The number of anilines is 1. The van der Waals surface area contributed by atoms with Gasteiger partial charge in [0, 0.05) is 0 Å². The number of hydrogen-bond acceptors (Lipinski definition) is 5. The quantitative estimate of drug-likeness (QED) is 0.470. The van der Waals surface area contributed by atoms with Crippen LogP contribution in [0, 0.1) is 23.7 Å². The summed E-state index contributed by atoms with van der Waals surface area (Å²) >= 11 is 5.94. The zero-order valence-electron chi connectivity index (χ0n) is 14.3. The van der Waals surface area contributed by atoms with Crippen molar-refractivity contribution in [1.29, 1.82) is 0 Å². The lowest BCUT2D eigenvalue weighted by Crippen LogP contribution is -2.38. The van der Waals surface area contributed by atoms with E-state index in [9.17, 15) is 19.2 Å². The van der Waals surface area contributed by atoms with Crippen LogP contribution in [0.4, 0.5) is 5.69 Å². The monoisotopic (exact) mass is 388 g/mol. The number of imide groups is 1. The summed E-state index contributed by atoms with van der Waals surface area (Å²) in [6, 6.07) is 6.66. The van der Waals surface area contributed by atoms with Crippen LogP contribution in [-0.4, -0.2) is 41.7 Å². The third-order valence-electron chi connectivity index (χ3n) is 5.36. The molecule has 2 aliphatic carbocycles. The summed E-state index contributed by atoms with van der Waals surface area (Å²) < 4.78 is 4.91. The fourth-order valence-corrected chi connectivity index (χ4v) is 4.37. The lowest BCUT2D eigenvalue weighted by atomic mass is 9.85. The first-order valence-corrected chi connectivity index (χ1v) is 9.07. The van der Waals surface area contributed by atoms with Gasteiger partial charge in [-0.05, 0) is 30.4 Å². The van der Waals surface area contributed by atoms with Crippen molar-refractivity contribution < 1.29 is 23.9 Å². The van der Waals surface area contributed by atoms with Gasteiger partial charge in [-0.25, -0.2) is 0 Å². The van der Waals surface area contributed by atoms with Crippen molar-refractivity contribution in [1.82, 2.24) is 4.90 Å². The summed E-state index contributed by atoms with van der Waals surface area (Å²) in [5.41, 5.74) is 0.404. The Morgan fingerprint density at radius 1 is 1.11 bits per heavy atom. The number of carbonyl (C=O) groups is 4. The predicted octanol–water partition coefficient (Wildman–Crippen LogP) is 1.63. The van der Waals surface area contributed by atoms with Crippen LogP contribution in [0.3, 0.4) is 0 Å². The number of hydrogen-bond donors (Lipinski definition) is 1. The molecule has 2 fully saturated rings. The molecule has 4 atom stereocenters. The first kappa shape index (κ1) is 17.7. The molecule has 1 aromatic rings. The van der Waals surface area contributed by atoms with Gasteiger partial charge in [0.25, 0.3) is 5.91 Å². The van der Waals surface area contributed by atoms with E-state index < -0.39 is 25.0 Å². The lowest BCUT2D eigenvalue weighted by molar-refractivity contribution is -0.154. The minimum Gasteiger partial charge on any atom is -0.454 e. The van der Waals surface area contributed by atoms with Gasteiger partial charge >= 0.3 is 5.97 Å². The van der Waals surface area contributed by atoms with Crippen LogP contribution in [0.5, 0.6) is 0 Å². The fraction of sp³-hybridized carbons (Fsp3) is 0.368. The second-order valence-electron chi connectivity index (χ2n) is 6.95. The number of halogens is 1. The third-order valence-corrected chi connectivity index (χ3v) is 5.69. The maximum absolute atomic E-state index is 12.5. The van der Waals surface area contributed by atoms with E-state index in [4.69, 9.17) is 16.3 Å². The molecule has 0 unspecified atom stereocenters. The van der Waals surface area contributed by atoms with E-state index in [-0.39, 0.29) is 35.5 Å². The number of esters is 1. The Labute approximate surface area is 160 Å². The number of para-hydroxylation sites is 1. The van der Waals surface area contributed by atoms with E-state index in [1.165, 1.54) is 0 Å². The number of nitrogens with zero attached hydrogens (tertiary/aromatic N) is 1. The van der Waals surface area contributed by atoms with Crippen molar-refractivity contribution in [2.45, 2.75) is 6.42 Å². The Hall–Kier alpha value is -2.67. The molecule has 1 heterocycles. The molecule has 0 spiro atoms. The third kappa shape index (κ3) is 3.12. The van der Waals surface area contributed by atoms with Gasteiger partial charge in [0.2, 0.25) is 11.8 Å². The molecule has 27 heavy (non-hydrogen) atoms. The highest BCUT2D eigenvalue weighted by molar-refractivity contribution is 6.33. The minimum atomic E-state index is -0.800. The van der Waals surface area contributed by atoms with E-state index in [0.717, 1.165) is 11.3 Å². The number of ether oxygens (including phenoxy) is 1. The molecular formula is C19H17ClN2O5. The first-order valence-electron chi connectivity index (χ1n) is 8.69. The number of amides is 3. The first-order chi connectivity index (χ1) is 13.0. The zero-order valence-corrected chi connectivity index (χ0v) is 15.0. The van der Waals surface area contributed by atoms with Crippen molar-refractivity contribution in [2.24, 2.45) is 23.7 Å². The average molecular weight is 389 g/mol. The summed E-state index contributed by atoms with van der Waals surface area (Å²) in [4.78, 5) is 49.9. The summed E-state index contributed by atoms with van der Waals surface area (Å²) in [5.74, 6) is -2.55. The number of carbonyl (C=O) groups excluding carboxylic acids is 4. The summed E-state index contributed by atoms with van der Waals surface area (Å²) in [6.07, 6.45) is 4.79. The van der Waals surface area contributed by atoms with Gasteiger partial charge in [-0.3, -0.25) is 24.1 Å². The van der Waals surface area contributed by atoms with Crippen molar-refractivity contribution in [3.63, 3.8) is 0 Å². The topological polar surface area (TPSA) is 92.8 Å². The van der Waals surface area contributed by atoms with Crippen molar-refractivity contribution in [2.75, 3.05) is 18.5 Å². The maximum atomic E-state index is 12.5. The Bertz CT molecular complexity index is 837. The highest BCUT2D eigenvalue weighted by Gasteiger charge is 2.59. The largest absolute Gasteiger partial charge is 0.454 e. The number of allylic oxidation sites excluding steroid dienone is 2. The van der Waals surface area contributed by atoms with E-state index in [2.05, 4.69) is 5.32 Å². The molecule has 7 nitrogen and oxygen atoms in total. The Balaban J connectivity index is 1.30. The van der Waals surface area contributed by atoms with Gasteiger partial charge in [0.1, 0.15) is 6.54 Å². The molecule has 8 heteroatoms. The second kappa shape index (κ2) is 6.81. The molecule has 4 rings (SSSR count). The summed E-state index contributed by atoms with van der Waals surface area (Å²) in [6.45, 7) is -0.997. The van der Waals surface area contributed by atoms with Crippen molar-refractivity contribution in [3.8, 4) is 0 Å². The molecule has 1 saturated carbocycles. The van der Waals surface area contributed by atoms with Crippen molar-refractivity contribution in [3.05, 3.63) is 41.4 Å². The average Bonchev–Trinajstić information content (AvgIpc) is 3.32. The molecule has 1 aromatic carbocycles. The Morgan fingerprint density at radius 2 is 1.74 bits per heavy atom. The molecule has 0 radical (unpaired) electrons. The van der Waals surface area contributed by atoms with E-state index >= 15 is 0 Å². The van der Waals surface area contributed by atoms with Gasteiger partial charge in [-0.1, -0.05) is 35.9 Å². The predicted molar refractivity (Wildman–Crippen MR) is 95.5 cm³/mol. The van der Waals surface area contributed by atoms with Gasteiger partial charge in [0.15, 0.2) is 6.61 Å². The maximum Gasteiger partial charge on any atom is 0.326 e. The number of likely N-dealkylation sites (tertiary alicyclic amines) is 1. The zero-order chi connectivity index (χ0) is 19.1. The van der Waals surface area contributed by atoms with Crippen LogP contribution in [0.2, 0.25) is 5.02 Å². The van der Waals surface area contributed by atoms with Crippen molar-refractivity contribution >= 4 is 41.0 Å². The highest BCUT2D eigenvalue weighted by Crippen LogP contribution is 2.52. The van der Waals surface area contributed by atoms with E-state index in [1.54, 1.807) is 24.3 Å². The van der Waals surface area contributed by atoms with Crippen LogP contribution in [0.15, 0.2) is 36.4 Å². The number of nitrogens with one attached hydrogen (secondary N) is 1. The molecule has 3 aliphatic rings. The van der Waals surface area contributed by atoms with Crippen LogP contribution >= 0.6 is 11.6 Å². The smallest absolute Gasteiger partial charge is 0.326 e. The second-order valence-corrected chi connectivity index (χ2v) is 7.36. The SMILES string of the molecule is O=C(COC(=O)CN1C(=O)[C@H]2[C@H](C1=O)[C@H]1C=C[C@H]2C1)Nc1ccccc1Cl. The van der Waals surface area contributed by atoms with E-state index in [1.807, 2.05) is 12.2 Å². The standard InChI is InChI=1S/C19H17ClN2O5/c20-12-3-1-2-4-13(12)21-14(23)9-27-15(24)8-22-18(25)16-10-5-6-11(7-10)17(16)19(22)26/h1-6,10-11,16-17H,7-9H2,(H,21,23)/t10-,11-,16+,17+/m0/s1. The van der Waals surface area contributed by atoms with Crippen LogP contribution in [0.25, 0.3) is 0 Å². The normalized spacial score (nSPS) is 27.8. The molecule has 1 aliphatic heterocycles.